The molecule has 0 spiro atoms. The Morgan fingerprint density at radius 2 is 1.96 bits per heavy atom. The monoisotopic (exact) mass is 620 g/mol. The number of benzene rings is 1. The second-order valence-corrected chi connectivity index (χ2v) is 11.7. The normalized spacial score (nSPS) is 18.6. The van der Waals surface area contributed by atoms with Crippen molar-refractivity contribution >= 4 is 34.4 Å². The van der Waals surface area contributed by atoms with E-state index in [0.29, 0.717) is 49.1 Å². The lowest BCUT2D eigenvalue weighted by molar-refractivity contribution is -0.128. The molecule has 1 unspecified atom stereocenters. The number of allylic oxidation sites excluding steroid dienone is 3. The summed E-state index contributed by atoms with van der Waals surface area (Å²) in [5.74, 6) is 0.654. The standard InChI is InChI=1S/C35H40N8O3/c1-7-9-12-25-13-10-15-28(30(25)23(3)4)43-24(5)37-31-32(34(43)45)38-35(46-22-27-14-11-18-40(27)6)39-33(31)41-19-20-42(29(44)8-2)26(21-41)16-17-36/h7-10,12-13,15,26-27H,1-3,11,14,16,18-22H2,4-6H3/b12-9-/t26-,27?/m0/s1. The van der Waals surface area contributed by atoms with Crippen molar-refractivity contribution in [1.29, 1.82) is 5.26 Å². The number of ether oxygens (including phenoxy) is 1. The number of likely N-dealkylation sites (tertiary alicyclic amines) is 1. The van der Waals surface area contributed by atoms with Crippen LogP contribution in [0.1, 0.15) is 43.1 Å². The van der Waals surface area contributed by atoms with Gasteiger partial charge in [0.15, 0.2) is 11.3 Å². The van der Waals surface area contributed by atoms with Gasteiger partial charge in [0, 0.05) is 31.2 Å². The maximum Gasteiger partial charge on any atom is 0.319 e. The minimum atomic E-state index is -0.392. The Morgan fingerprint density at radius 1 is 1.15 bits per heavy atom. The molecule has 3 aromatic rings. The summed E-state index contributed by atoms with van der Waals surface area (Å²) < 4.78 is 7.74. The van der Waals surface area contributed by atoms with Crippen LogP contribution in [0.3, 0.4) is 0 Å². The summed E-state index contributed by atoms with van der Waals surface area (Å²) in [4.78, 5) is 47.3. The second kappa shape index (κ2) is 13.9. The molecule has 0 N–H and O–H groups in total. The van der Waals surface area contributed by atoms with E-state index in [1.54, 1.807) is 22.5 Å². The van der Waals surface area contributed by atoms with Gasteiger partial charge in [-0.15, -0.1) is 0 Å². The van der Waals surface area contributed by atoms with Crippen LogP contribution in [-0.4, -0.2) is 87.1 Å². The lowest BCUT2D eigenvalue weighted by Crippen LogP contribution is -2.55. The molecule has 2 fully saturated rings. The minimum absolute atomic E-state index is 0.0846. The zero-order chi connectivity index (χ0) is 33.0. The van der Waals surface area contributed by atoms with E-state index in [-0.39, 0.29) is 35.5 Å². The highest BCUT2D eigenvalue weighted by Gasteiger charge is 2.32. The number of piperazine rings is 1. The van der Waals surface area contributed by atoms with Crippen molar-refractivity contribution in [2.75, 3.05) is 44.7 Å². The van der Waals surface area contributed by atoms with Gasteiger partial charge in [-0.3, -0.25) is 14.2 Å². The molecule has 46 heavy (non-hydrogen) atoms. The van der Waals surface area contributed by atoms with E-state index in [1.807, 2.05) is 42.2 Å². The number of carbonyl (C=O) groups excluding carboxylic acids is 1. The first-order valence-corrected chi connectivity index (χ1v) is 15.5. The molecule has 238 valence electrons. The fourth-order valence-electron chi connectivity index (χ4n) is 6.32. The number of aryl methyl sites for hydroxylation is 1. The second-order valence-electron chi connectivity index (χ2n) is 11.7. The number of rotatable bonds is 10. The average molecular weight is 621 g/mol. The Kier molecular flexibility index (Phi) is 9.78. The van der Waals surface area contributed by atoms with E-state index >= 15 is 0 Å². The van der Waals surface area contributed by atoms with Crippen molar-refractivity contribution < 1.29 is 9.53 Å². The fraction of sp³-hybridized carbons (Fsp3) is 0.371. The quantitative estimate of drug-likeness (QED) is 0.241. The highest BCUT2D eigenvalue weighted by atomic mass is 16.5. The average Bonchev–Trinajstić information content (AvgIpc) is 3.46. The van der Waals surface area contributed by atoms with Gasteiger partial charge in [-0.05, 0) is 63.6 Å². The highest BCUT2D eigenvalue weighted by Crippen LogP contribution is 2.30. The first-order valence-electron chi connectivity index (χ1n) is 15.5. The van der Waals surface area contributed by atoms with Crippen LogP contribution in [-0.2, 0) is 4.79 Å². The molecule has 2 atom stereocenters. The minimum Gasteiger partial charge on any atom is -0.462 e. The van der Waals surface area contributed by atoms with Crippen molar-refractivity contribution in [1.82, 2.24) is 29.3 Å². The number of hydrogen-bond acceptors (Lipinski definition) is 9. The van der Waals surface area contributed by atoms with Crippen molar-refractivity contribution in [2.24, 2.45) is 0 Å². The summed E-state index contributed by atoms with van der Waals surface area (Å²) in [6.45, 7) is 17.7. The van der Waals surface area contributed by atoms with Gasteiger partial charge >= 0.3 is 6.01 Å². The molecule has 2 aromatic heterocycles. The Bertz CT molecular complexity index is 1820. The topological polar surface area (TPSA) is 120 Å². The third-order valence-corrected chi connectivity index (χ3v) is 8.65. The van der Waals surface area contributed by atoms with Crippen LogP contribution in [0.5, 0.6) is 6.01 Å². The van der Waals surface area contributed by atoms with E-state index in [1.165, 1.54) is 6.08 Å². The van der Waals surface area contributed by atoms with E-state index in [4.69, 9.17) is 14.7 Å². The molecule has 1 aromatic carbocycles. The lowest BCUT2D eigenvalue weighted by Gasteiger charge is -2.40. The summed E-state index contributed by atoms with van der Waals surface area (Å²) in [6, 6.07) is 7.82. The molecule has 2 aliphatic rings. The first kappa shape index (κ1) is 32.3. The van der Waals surface area contributed by atoms with Crippen LogP contribution < -0.4 is 15.2 Å². The van der Waals surface area contributed by atoms with Gasteiger partial charge in [-0.1, -0.05) is 50.1 Å². The largest absolute Gasteiger partial charge is 0.462 e. The molecule has 2 saturated heterocycles. The van der Waals surface area contributed by atoms with Crippen molar-refractivity contribution in [3.8, 4) is 17.8 Å². The van der Waals surface area contributed by atoms with Crippen LogP contribution in [0, 0.1) is 18.3 Å². The van der Waals surface area contributed by atoms with Gasteiger partial charge in [0.25, 0.3) is 5.56 Å². The molecule has 2 aliphatic heterocycles. The number of nitrogens with zero attached hydrogens (tertiary/aromatic N) is 8. The van der Waals surface area contributed by atoms with E-state index < -0.39 is 6.04 Å². The smallest absolute Gasteiger partial charge is 0.319 e. The molecular weight excluding hydrogens is 580 g/mol. The Hall–Kier alpha value is -5.08. The van der Waals surface area contributed by atoms with E-state index in [2.05, 4.69) is 42.7 Å². The molecule has 4 heterocycles. The molecule has 11 nitrogen and oxygen atoms in total. The van der Waals surface area contributed by atoms with Crippen LogP contribution >= 0.6 is 0 Å². The summed E-state index contributed by atoms with van der Waals surface area (Å²) in [7, 11) is 2.07. The Morgan fingerprint density at radius 3 is 2.63 bits per heavy atom. The first-order chi connectivity index (χ1) is 22.2. The number of likely N-dealkylation sites (N-methyl/N-ethyl adjacent to an activating group) is 1. The number of anilines is 1. The number of amides is 1. The predicted octanol–water partition coefficient (Wildman–Crippen LogP) is 4.31. The molecule has 0 radical (unpaired) electrons. The molecule has 0 bridgehead atoms. The number of nitriles is 1. The van der Waals surface area contributed by atoms with Gasteiger partial charge in [-0.2, -0.15) is 15.2 Å². The maximum atomic E-state index is 14.5. The third-order valence-electron chi connectivity index (χ3n) is 8.65. The molecule has 0 saturated carbocycles. The molecule has 1 amide bonds. The summed E-state index contributed by atoms with van der Waals surface area (Å²) in [6.07, 6.45) is 8.95. The summed E-state index contributed by atoms with van der Waals surface area (Å²) in [5.41, 5.74) is 3.21. The SMILES string of the molecule is C=C/C=C\c1cccc(-n2c(C)nc3c(N4CCN(C(=O)C=C)[C@@H](CC#N)C4)nc(OCC4CCCN4C)nc3c2=O)c1C(=C)C. The maximum absolute atomic E-state index is 14.5. The van der Waals surface area contributed by atoms with Crippen LogP contribution in [0.15, 0.2) is 61.0 Å². The third kappa shape index (κ3) is 6.34. The van der Waals surface area contributed by atoms with Crippen LogP contribution in [0.2, 0.25) is 0 Å². The number of aromatic nitrogens is 4. The molecule has 11 heteroatoms. The zero-order valence-corrected chi connectivity index (χ0v) is 26.8. The van der Waals surface area contributed by atoms with Gasteiger partial charge in [0.05, 0.1) is 24.2 Å². The van der Waals surface area contributed by atoms with Gasteiger partial charge in [0.1, 0.15) is 17.9 Å². The lowest BCUT2D eigenvalue weighted by atomic mass is 9.98. The Balaban J connectivity index is 1.68. The van der Waals surface area contributed by atoms with Gasteiger partial charge < -0.3 is 19.4 Å². The van der Waals surface area contributed by atoms with Crippen molar-refractivity contribution in [3.63, 3.8) is 0 Å². The number of carbonyl (C=O) groups is 1. The molecular formula is C35H40N8O3. The summed E-state index contributed by atoms with van der Waals surface area (Å²) in [5, 5.41) is 9.55. The highest BCUT2D eigenvalue weighted by molar-refractivity contribution is 5.89. The van der Waals surface area contributed by atoms with Gasteiger partial charge in [0.2, 0.25) is 5.91 Å². The van der Waals surface area contributed by atoms with E-state index in [0.717, 1.165) is 36.1 Å². The number of fused-ring (bicyclic) bond motifs is 1. The van der Waals surface area contributed by atoms with Crippen LogP contribution in [0.4, 0.5) is 5.82 Å². The number of hydrogen-bond donors (Lipinski definition) is 0. The van der Waals surface area contributed by atoms with Gasteiger partial charge in [-0.25, -0.2) is 4.98 Å². The Labute approximate surface area is 269 Å². The molecule has 5 rings (SSSR count). The van der Waals surface area contributed by atoms with Crippen LogP contribution in [0.25, 0.3) is 28.4 Å². The van der Waals surface area contributed by atoms with E-state index in [9.17, 15) is 14.9 Å². The predicted molar refractivity (Wildman–Crippen MR) is 181 cm³/mol. The summed E-state index contributed by atoms with van der Waals surface area (Å²) >= 11 is 0. The fourth-order valence-corrected chi connectivity index (χ4v) is 6.32. The van der Waals surface area contributed by atoms with Crippen molar-refractivity contribution in [2.45, 2.75) is 45.2 Å². The zero-order valence-electron chi connectivity index (χ0n) is 26.8. The molecule has 0 aliphatic carbocycles. The van der Waals surface area contributed by atoms with Crippen molar-refractivity contribution in [3.05, 3.63) is 83.5 Å².